The Morgan fingerprint density at radius 2 is 2.04 bits per heavy atom. The Balaban J connectivity index is 1.67. The van der Waals surface area contributed by atoms with Gasteiger partial charge in [-0.2, -0.15) is 0 Å². The van der Waals surface area contributed by atoms with Gasteiger partial charge in [0.2, 0.25) is 5.91 Å². The lowest BCUT2D eigenvalue weighted by Gasteiger charge is -2.31. The molecule has 0 atom stereocenters. The van der Waals surface area contributed by atoms with Crippen LogP contribution >= 0.6 is 11.8 Å². The van der Waals surface area contributed by atoms with Gasteiger partial charge in [-0.1, -0.05) is 19.1 Å². The molecule has 0 N–H and O–H groups in total. The summed E-state index contributed by atoms with van der Waals surface area (Å²) < 4.78 is 5.46. The summed E-state index contributed by atoms with van der Waals surface area (Å²) in [5, 5.41) is -0.397. The SMILES string of the molecule is CCOc1cccc(/C=C2\SC(=O)N(CC(=O)N3CCC(C)CC3)C2=O)c1. The first kappa shape index (κ1) is 19.5. The minimum absolute atomic E-state index is 0.163. The maximum atomic E-state index is 12.6. The zero-order valence-corrected chi connectivity index (χ0v) is 16.5. The number of benzene rings is 1. The molecule has 1 aromatic rings. The minimum atomic E-state index is -0.412. The number of thioether (sulfide) groups is 1. The molecule has 0 spiro atoms. The highest BCUT2D eigenvalue weighted by atomic mass is 32.2. The van der Waals surface area contributed by atoms with Gasteiger partial charge in [0.1, 0.15) is 12.3 Å². The second-order valence-electron chi connectivity index (χ2n) is 6.84. The molecule has 6 nitrogen and oxygen atoms in total. The number of rotatable bonds is 5. The molecular formula is C20H24N2O4S. The van der Waals surface area contributed by atoms with E-state index in [2.05, 4.69) is 6.92 Å². The summed E-state index contributed by atoms with van der Waals surface area (Å²) in [6.07, 6.45) is 3.59. The van der Waals surface area contributed by atoms with E-state index >= 15 is 0 Å². The number of hydrogen-bond donors (Lipinski definition) is 0. The van der Waals surface area contributed by atoms with Gasteiger partial charge in [-0.25, -0.2) is 0 Å². The maximum Gasteiger partial charge on any atom is 0.294 e. The standard InChI is InChI=1S/C20H24N2O4S/c1-3-26-16-6-4-5-15(11-16)12-17-19(24)22(20(25)27-17)13-18(23)21-9-7-14(2)8-10-21/h4-6,11-12,14H,3,7-10,13H2,1-2H3/b17-12-. The van der Waals surface area contributed by atoms with Crippen molar-refractivity contribution in [3.63, 3.8) is 0 Å². The van der Waals surface area contributed by atoms with Crippen LogP contribution in [0.3, 0.4) is 0 Å². The summed E-state index contributed by atoms with van der Waals surface area (Å²) in [5.41, 5.74) is 0.780. The van der Waals surface area contributed by atoms with Gasteiger partial charge in [0.05, 0.1) is 11.5 Å². The lowest BCUT2D eigenvalue weighted by molar-refractivity contribution is -0.136. The van der Waals surface area contributed by atoms with Crippen molar-refractivity contribution in [2.24, 2.45) is 5.92 Å². The largest absolute Gasteiger partial charge is 0.494 e. The van der Waals surface area contributed by atoms with E-state index in [0.717, 1.165) is 35.1 Å². The normalized spacial score (nSPS) is 19.9. The first-order valence-electron chi connectivity index (χ1n) is 9.24. The predicted molar refractivity (Wildman–Crippen MR) is 105 cm³/mol. The molecule has 144 valence electrons. The summed E-state index contributed by atoms with van der Waals surface area (Å²) in [6.45, 7) is 5.82. The molecule has 3 amide bonds. The van der Waals surface area contributed by atoms with Crippen LogP contribution in [0.5, 0.6) is 5.75 Å². The second-order valence-corrected chi connectivity index (χ2v) is 7.83. The number of piperidine rings is 1. The monoisotopic (exact) mass is 388 g/mol. The zero-order valence-electron chi connectivity index (χ0n) is 15.6. The molecule has 0 unspecified atom stereocenters. The molecule has 0 saturated carbocycles. The van der Waals surface area contributed by atoms with E-state index < -0.39 is 11.1 Å². The minimum Gasteiger partial charge on any atom is -0.494 e. The lowest BCUT2D eigenvalue weighted by atomic mass is 9.99. The first-order chi connectivity index (χ1) is 13.0. The van der Waals surface area contributed by atoms with Crippen LogP contribution in [0.4, 0.5) is 4.79 Å². The summed E-state index contributed by atoms with van der Waals surface area (Å²) in [7, 11) is 0. The number of nitrogens with zero attached hydrogens (tertiary/aromatic N) is 2. The Bertz CT molecular complexity index is 769. The van der Waals surface area contributed by atoms with Crippen molar-refractivity contribution in [2.75, 3.05) is 26.2 Å². The number of carbonyl (C=O) groups is 3. The molecule has 2 aliphatic rings. The average Bonchev–Trinajstić information content (AvgIpc) is 2.90. The van der Waals surface area contributed by atoms with E-state index in [-0.39, 0.29) is 12.5 Å². The van der Waals surface area contributed by atoms with E-state index in [4.69, 9.17) is 4.74 Å². The number of likely N-dealkylation sites (tertiary alicyclic amines) is 1. The van der Waals surface area contributed by atoms with Crippen LogP contribution in [0, 0.1) is 5.92 Å². The van der Waals surface area contributed by atoms with Crippen LogP contribution in [0.25, 0.3) is 6.08 Å². The van der Waals surface area contributed by atoms with Crippen LogP contribution in [-0.4, -0.2) is 53.1 Å². The van der Waals surface area contributed by atoms with Crippen LogP contribution in [-0.2, 0) is 9.59 Å². The van der Waals surface area contributed by atoms with E-state index in [1.54, 1.807) is 11.0 Å². The number of amides is 3. The third-order valence-electron chi connectivity index (χ3n) is 4.77. The fourth-order valence-electron chi connectivity index (χ4n) is 3.14. The zero-order chi connectivity index (χ0) is 19.4. The number of hydrogen-bond acceptors (Lipinski definition) is 5. The van der Waals surface area contributed by atoms with Crippen LogP contribution < -0.4 is 4.74 Å². The fraction of sp³-hybridized carbons (Fsp3) is 0.450. The number of imide groups is 1. The Morgan fingerprint density at radius 1 is 1.30 bits per heavy atom. The Kier molecular flexibility index (Phi) is 6.21. The van der Waals surface area contributed by atoms with Crippen molar-refractivity contribution in [1.82, 2.24) is 9.80 Å². The van der Waals surface area contributed by atoms with Crippen LogP contribution in [0.15, 0.2) is 29.2 Å². The molecule has 3 rings (SSSR count). The van der Waals surface area contributed by atoms with Gasteiger partial charge in [0, 0.05) is 13.1 Å². The highest BCUT2D eigenvalue weighted by molar-refractivity contribution is 8.18. The first-order valence-corrected chi connectivity index (χ1v) is 10.1. The average molecular weight is 388 g/mol. The Labute approximate surface area is 163 Å². The van der Waals surface area contributed by atoms with Gasteiger partial charge in [-0.05, 0) is 61.2 Å². The molecule has 0 aliphatic carbocycles. The smallest absolute Gasteiger partial charge is 0.294 e. The van der Waals surface area contributed by atoms with Gasteiger partial charge in [0.15, 0.2) is 0 Å². The van der Waals surface area contributed by atoms with Crippen molar-refractivity contribution in [1.29, 1.82) is 0 Å². The molecular weight excluding hydrogens is 364 g/mol. The molecule has 1 aromatic carbocycles. The van der Waals surface area contributed by atoms with E-state index in [1.165, 1.54) is 0 Å². The summed E-state index contributed by atoms with van der Waals surface area (Å²) in [6, 6.07) is 7.33. The Hall–Kier alpha value is -2.28. The van der Waals surface area contributed by atoms with Crippen molar-refractivity contribution in [3.8, 4) is 5.75 Å². The molecule has 0 radical (unpaired) electrons. The molecule has 2 fully saturated rings. The highest BCUT2D eigenvalue weighted by Gasteiger charge is 2.37. The highest BCUT2D eigenvalue weighted by Crippen LogP contribution is 2.32. The van der Waals surface area contributed by atoms with Crippen molar-refractivity contribution >= 4 is 34.9 Å². The van der Waals surface area contributed by atoms with E-state index in [0.29, 0.717) is 36.3 Å². The Morgan fingerprint density at radius 3 is 2.74 bits per heavy atom. The molecule has 2 aliphatic heterocycles. The molecule has 0 aromatic heterocycles. The quantitative estimate of drug-likeness (QED) is 0.724. The van der Waals surface area contributed by atoms with Crippen LogP contribution in [0.2, 0.25) is 0 Å². The van der Waals surface area contributed by atoms with Gasteiger partial charge < -0.3 is 9.64 Å². The topological polar surface area (TPSA) is 66.9 Å². The predicted octanol–water partition coefficient (Wildman–Crippen LogP) is 3.38. The van der Waals surface area contributed by atoms with Crippen molar-refractivity contribution < 1.29 is 19.1 Å². The van der Waals surface area contributed by atoms with E-state index in [1.807, 2.05) is 31.2 Å². The molecule has 0 bridgehead atoms. The molecule has 7 heteroatoms. The number of carbonyl (C=O) groups excluding carboxylic acids is 3. The third-order valence-corrected chi connectivity index (χ3v) is 5.68. The van der Waals surface area contributed by atoms with Gasteiger partial charge >= 0.3 is 0 Å². The second kappa shape index (κ2) is 8.61. The molecule has 27 heavy (non-hydrogen) atoms. The summed E-state index contributed by atoms with van der Waals surface area (Å²) in [5.74, 6) is 0.746. The van der Waals surface area contributed by atoms with Gasteiger partial charge in [-0.15, -0.1) is 0 Å². The third kappa shape index (κ3) is 4.71. The van der Waals surface area contributed by atoms with Crippen molar-refractivity contribution in [3.05, 3.63) is 34.7 Å². The summed E-state index contributed by atoms with van der Waals surface area (Å²) in [4.78, 5) is 40.5. The van der Waals surface area contributed by atoms with Gasteiger partial charge in [0.25, 0.3) is 11.1 Å². The van der Waals surface area contributed by atoms with E-state index in [9.17, 15) is 14.4 Å². The van der Waals surface area contributed by atoms with Crippen molar-refractivity contribution in [2.45, 2.75) is 26.7 Å². The number of ether oxygens (including phenoxy) is 1. The lowest BCUT2D eigenvalue weighted by Crippen LogP contribution is -2.45. The summed E-state index contributed by atoms with van der Waals surface area (Å²) >= 11 is 0.872. The molecule has 2 heterocycles. The van der Waals surface area contributed by atoms with Crippen LogP contribution in [0.1, 0.15) is 32.3 Å². The van der Waals surface area contributed by atoms with Gasteiger partial charge in [-0.3, -0.25) is 19.3 Å². The maximum absolute atomic E-state index is 12.6. The molecule has 2 saturated heterocycles. The fourth-order valence-corrected chi connectivity index (χ4v) is 3.98.